The van der Waals surface area contributed by atoms with Crippen molar-refractivity contribution in [3.05, 3.63) is 164 Å². The number of nitrogens with zero attached hydrogens (tertiary/aromatic N) is 13. The highest BCUT2D eigenvalue weighted by Gasteiger charge is 2.18. The third kappa shape index (κ3) is 8.61. The van der Waals surface area contributed by atoms with Gasteiger partial charge in [0.1, 0.15) is 42.3 Å². The van der Waals surface area contributed by atoms with Gasteiger partial charge in [0.25, 0.3) is 0 Å². The van der Waals surface area contributed by atoms with Crippen LogP contribution in [0.4, 0.5) is 11.6 Å². The average Bonchev–Trinajstić information content (AvgIpc) is 3.89. The number of hydrogen-bond acceptors (Lipinski definition) is 13. The molecule has 0 saturated carbocycles. The highest BCUT2D eigenvalue weighted by molar-refractivity contribution is 5.96. The number of anilines is 2. The Bertz CT molecular complexity index is 3360. The van der Waals surface area contributed by atoms with Gasteiger partial charge in [-0.15, -0.1) is 0 Å². The number of aromatic nitrogens is 13. The van der Waals surface area contributed by atoms with Gasteiger partial charge in [0.15, 0.2) is 0 Å². The monoisotopic (exact) mass is 855 g/mol. The quantitative estimate of drug-likeness (QED) is 0.126. The zero-order chi connectivity index (χ0) is 44.3. The van der Waals surface area contributed by atoms with E-state index in [1.165, 1.54) is 6.33 Å². The van der Waals surface area contributed by atoms with Gasteiger partial charge in [0.2, 0.25) is 11.8 Å². The smallest absolute Gasteiger partial charge is 0.245 e. The average molecular weight is 856 g/mol. The Morgan fingerprint density at radius 1 is 0.554 bits per heavy atom. The maximum atomic E-state index is 13.3. The molecule has 0 aliphatic carbocycles. The van der Waals surface area contributed by atoms with Gasteiger partial charge < -0.3 is 19.8 Å². The predicted molar refractivity (Wildman–Crippen MR) is 244 cm³/mol. The minimum Gasteiger partial charge on any atom is -0.323 e. The molecule has 0 aromatic carbocycles. The summed E-state index contributed by atoms with van der Waals surface area (Å²) in [5.41, 5.74) is 11.2. The van der Waals surface area contributed by atoms with Gasteiger partial charge in [0, 0.05) is 112 Å². The largest absolute Gasteiger partial charge is 0.323 e. The molecule has 0 radical (unpaired) electrons. The van der Waals surface area contributed by atoms with Crippen LogP contribution in [-0.2, 0) is 29.1 Å². The highest BCUT2D eigenvalue weighted by atomic mass is 16.2. The summed E-state index contributed by atoms with van der Waals surface area (Å²) in [5.74, 6) is 0.377. The fourth-order valence-corrected chi connectivity index (χ4v) is 7.78. The van der Waals surface area contributed by atoms with Crippen molar-refractivity contribution in [3.63, 3.8) is 0 Å². The van der Waals surface area contributed by atoms with Crippen molar-refractivity contribution in [2.75, 3.05) is 10.6 Å². The van der Waals surface area contributed by atoms with E-state index in [1.807, 2.05) is 77.7 Å². The zero-order valence-corrected chi connectivity index (χ0v) is 35.0. The molecule has 17 nitrogen and oxygen atoms in total. The molecular weight excluding hydrogens is 819 g/mol. The minimum absolute atomic E-state index is 0.0333. The first-order chi connectivity index (χ1) is 31.8. The second-order valence-corrected chi connectivity index (χ2v) is 15.2. The maximum Gasteiger partial charge on any atom is 0.245 e. The van der Waals surface area contributed by atoms with Crippen molar-refractivity contribution in [2.24, 2.45) is 0 Å². The number of carbonyl (C=O) groups is 2. The Balaban J connectivity index is 0.837. The summed E-state index contributed by atoms with van der Waals surface area (Å²) in [6, 6.07) is 21.1. The first-order valence-electron chi connectivity index (χ1n) is 20.5. The zero-order valence-electron chi connectivity index (χ0n) is 35.0. The summed E-state index contributed by atoms with van der Waals surface area (Å²) in [4.78, 5) is 75.5. The molecule has 0 atom stereocenters. The fourth-order valence-electron chi connectivity index (χ4n) is 7.78. The number of amides is 2. The van der Waals surface area contributed by atoms with E-state index in [0.717, 1.165) is 67.1 Å². The van der Waals surface area contributed by atoms with E-state index in [1.54, 1.807) is 74.1 Å². The van der Waals surface area contributed by atoms with Crippen molar-refractivity contribution in [1.82, 2.24) is 64.0 Å². The molecule has 316 valence electrons. The number of rotatable bonds is 12. The van der Waals surface area contributed by atoms with Gasteiger partial charge in [-0.05, 0) is 91.7 Å². The van der Waals surface area contributed by atoms with E-state index in [-0.39, 0.29) is 24.9 Å². The third-order valence-electron chi connectivity index (χ3n) is 10.7. The van der Waals surface area contributed by atoms with E-state index in [2.05, 4.69) is 61.6 Å². The van der Waals surface area contributed by atoms with E-state index in [0.29, 0.717) is 40.7 Å². The predicted octanol–water partition coefficient (Wildman–Crippen LogP) is 7.09. The first kappa shape index (κ1) is 40.1. The topological polar surface area (TPSA) is 210 Å². The Morgan fingerprint density at radius 2 is 1.25 bits per heavy atom. The lowest BCUT2D eigenvalue weighted by Gasteiger charge is -2.11. The van der Waals surface area contributed by atoms with Crippen molar-refractivity contribution >= 4 is 45.5 Å². The molecule has 0 aliphatic heterocycles. The molecule has 0 spiro atoms. The summed E-state index contributed by atoms with van der Waals surface area (Å²) in [7, 11) is 0. The first-order valence-corrected chi connectivity index (χ1v) is 20.5. The Labute approximate surface area is 370 Å². The van der Waals surface area contributed by atoms with Crippen LogP contribution in [0, 0.1) is 13.8 Å². The van der Waals surface area contributed by atoms with Crippen molar-refractivity contribution < 1.29 is 9.59 Å². The molecular formula is C48H37N15O2. The summed E-state index contributed by atoms with van der Waals surface area (Å²) in [6.45, 7) is 3.99. The van der Waals surface area contributed by atoms with E-state index >= 15 is 0 Å². The fraction of sp³-hybridized carbons (Fsp3) is 0.104. The van der Waals surface area contributed by atoms with Crippen LogP contribution in [0.2, 0.25) is 0 Å². The van der Waals surface area contributed by atoms with E-state index < -0.39 is 0 Å². The van der Waals surface area contributed by atoms with Gasteiger partial charge in [-0.3, -0.25) is 39.5 Å². The number of hydrogen-bond donors (Lipinski definition) is 2. The SMILES string of the molecule is Cc1cc(-c2ccnc3c2ccn3CC(=O)Nc2ccc(-c3cnccn3)cn2)cc(Cc2cc(-c3ncnc4c3cc(C)n4CC(=O)Nc3ccc(-c4cnccn4)cn3)ccn2)n1. The third-order valence-corrected chi connectivity index (χ3v) is 10.7. The van der Waals surface area contributed by atoms with Crippen LogP contribution in [0.3, 0.4) is 0 Å². The molecule has 65 heavy (non-hydrogen) atoms. The molecule has 10 aromatic rings. The van der Waals surface area contributed by atoms with Crippen LogP contribution in [-0.4, -0.2) is 75.8 Å². The van der Waals surface area contributed by atoms with Crippen molar-refractivity contribution in [2.45, 2.75) is 33.4 Å². The molecule has 17 heteroatoms. The number of pyridine rings is 5. The Morgan fingerprint density at radius 3 is 1.92 bits per heavy atom. The number of nitrogens with one attached hydrogen (secondary N) is 2. The molecule has 2 N–H and O–H groups in total. The molecule has 0 saturated heterocycles. The molecule has 10 rings (SSSR count). The highest BCUT2D eigenvalue weighted by Crippen LogP contribution is 2.31. The summed E-state index contributed by atoms with van der Waals surface area (Å²) in [5, 5.41) is 7.48. The van der Waals surface area contributed by atoms with Crippen LogP contribution >= 0.6 is 0 Å². The lowest BCUT2D eigenvalue weighted by Crippen LogP contribution is -2.20. The Kier molecular flexibility index (Phi) is 10.7. The van der Waals surface area contributed by atoms with Gasteiger partial charge in [-0.1, -0.05) is 0 Å². The van der Waals surface area contributed by atoms with Gasteiger partial charge in [0.05, 0.1) is 29.5 Å². The molecule has 0 aliphatic rings. The van der Waals surface area contributed by atoms with E-state index in [4.69, 9.17) is 9.97 Å². The van der Waals surface area contributed by atoms with Crippen LogP contribution in [0.15, 0.2) is 141 Å². The number of carbonyl (C=O) groups excluding carboxylic acids is 2. The van der Waals surface area contributed by atoms with Crippen LogP contribution in [0.5, 0.6) is 0 Å². The second kappa shape index (κ2) is 17.4. The van der Waals surface area contributed by atoms with Crippen LogP contribution in [0.1, 0.15) is 22.8 Å². The molecule has 2 amide bonds. The van der Waals surface area contributed by atoms with Gasteiger partial charge in [-0.25, -0.2) is 24.9 Å². The summed E-state index contributed by atoms with van der Waals surface area (Å²) in [6.07, 6.45) is 20.5. The molecule has 0 unspecified atom stereocenters. The van der Waals surface area contributed by atoms with Gasteiger partial charge in [-0.2, -0.15) is 0 Å². The van der Waals surface area contributed by atoms with Crippen LogP contribution < -0.4 is 10.6 Å². The van der Waals surface area contributed by atoms with Crippen molar-refractivity contribution in [3.8, 4) is 44.9 Å². The number of aryl methyl sites for hydroxylation is 2. The van der Waals surface area contributed by atoms with Gasteiger partial charge >= 0.3 is 0 Å². The lowest BCUT2D eigenvalue weighted by molar-refractivity contribution is -0.117. The molecule has 10 aromatic heterocycles. The number of fused-ring (bicyclic) bond motifs is 2. The minimum atomic E-state index is -0.245. The van der Waals surface area contributed by atoms with Crippen molar-refractivity contribution in [1.29, 1.82) is 0 Å². The normalized spacial score (nSPS) is 11.2. The Hall–Kier alpha value is -8.99. The molecule has 0 bridgehead atoms. The molecule has 0 fully saturated rings. The summed E-state index contributed by atoms with van der Waals surface area (Å²) < 4.78 is 3.68. The summed E-state index contributed by atoms with van der Waals surface area (Å²) >= 11 is 0. The van der Waals surface area contributed by atoms with Crippen LogP contribution in [0.25, 0.3) is 67.0 Å². The standard InChI is InChI=1S/C48H37N15O2/c1-29-17-34(37-8-11-54-47-38(37)9-16-62(47)26-44(64)60-42-5-3-32(22-55-42)40-24-49-12-14-52-40)20-36(59-29)21-35-19-31(7-10-51-35)46-39-18-30(2)63(48(39)58-28-57-46)27-45(65)61-43-6-4-33(23-56-43)41-25-50-13-15-53-41/h3-20,22-25,28H,21,26-27H2,1-2H3,(H,55,60,64)(H,56,61,65). The maximum absolute atomic E-state index is 13.3. The van der Waals surface area contributed by atoms with E-state index in [9.17, 15) is 9.59 Å². The second-order valence-electron chi connectivity index (χ2n) is 15.2. The lowest BCUT2D eigenvalue weighted by atomic mass is 10.0. The molecule has 10 heterocycles.